The van der Waals surface area contributed by atoms with Crippen molar-refractivity contribution < 1.29 is 4.79 Å². The first-order valence-electron chi connectivity index (χ1n) is 3.64. The van der Waals surface area contributed by atoms with E-state index < -0.39 is 0 Å². The molecule has 0 fully saturated rings. The first-order chi connectivity index (χ1) is 6.16. The minimum atomic E-state index is -0.254. The lowest BCUT2D eigenvalue weighted by molar-refractivity contribution is -0.112. The zero-order valence-corrected chi connectivity index (χ0v) is 6.90. The molecule has 7 heteroatoms. The molecule has 0 aliphatic carbocycles. The Balaban J connectivity index is 2.49. The van der Waals surface area contributed by atoms with E-state index in [0.717, 1.165) is 0 Å². The van der Waals surface area contributed by atoms with Gasteiger partial charge in [0.1, 0.15) is 0 Å². The van der Waals surface area contributed by atoms with Crippen LogP contribution in [0, 0.1) is 0 Å². The van der Waals surface area contributed by atoms with Crippen molar-refractivity contribution in [2.45, 2.75) is 6.92 Å². The molecule has 1 aromatic heterocycles. The first-order valence-corrected chi connectivity index (χ1v) is 3.64. The van der Waals surface area contributed by atoms with E-state index >= 15 is 0 Å². The molecular weight excluding hydrogens is 172 g/mol. The summed E-state index contributed by atoms with van der Waals surface area (Å²) < 4.78 is 1.40. The number of hydrogen-bond donors (Lipinski definition) is 3. The summed E-state index contributed by atoms with van der Waals surface area (Å²) in [6, 6.07) is 0. The largest absolute Gasteiger partial charge is 0.366 e. The summed E-state index contributed by atoms with van der Waals surface area (Å²) in [6.45, 7) is 1.74. The fraction of sp³-hybridized carbons (Fsp3) is 0.167. The summed E-state index contributed by atoms with van der Waals surface area (Å²) >= 11 is 0. The molecule has 0 atom stereocenters. The number of carbonyl (C=O) groups excluding carboxylic acids is 1. The number of carbonyl (C=O) groups is 1. The number of nitrogens with one attached hydrogen (secondary N) is 2. The quantitative estimate of drug-likeness (QED) is 0.488. The van der Waals surface area contributed by atoms with Gasteiger partial charge in [-0.15, -0.1) is 10.2 Å². The van der Waals surface area contributed by atoms with Crippen molar-refractivity contribution in [2.24, 2.45) is 0 Å². The maximum absolute atomic E-state index is 11.1. The molecule has 0 radical (unpaired) electrons. The van der Waals surface area contributed by atoms with Gasteiger partial charge >= 0.3 is 0 Å². The number of fused-ring (bicyclic) bond motifs is 1. The second-order valence-corrected chi connectivity index (χ2v) is 2.65. The number of anilines is 2. The van der Waals surface area contributed by atoms with Crippen molar-refractivity contribution in [3.8, 4) is 0 Å². The number of allylic oxidation sites excluding steroid dienone is 1. The van der Waals surface area contributed by atoms with Gasteiger partial charge in [0.2, 0.25) is 5.95 Å². The van der Waals surface area contributed by atoms with Crippen LogP contribution < -0.4 is 16.5 Å². The van der Waals surface area contributed by atoms with Gasteiger partial charge in [0.25, 0.3) is 11.9 Å². The summed E-state index contributed by atoms with van der Waals surface area (Å²) in [6.07, 6.45) is 1.41. The highest BCUT2D eigenvalue weighted by Crippen LogP contribution is 2.11. The van der Waals surface area contributed by atoms with E-state index in [1.54, 1.807) is 6.92 Å². The average molecular weight is 180 g/mol. The number of hydrogen-bond acceptors (Lipinski definition) is 5. The lowest BCUT2D eigenvalue weighted by Crippen LogP contribution is -2.16. The SMILES string of the molecule is CC1=CC(=O)Nc2nnc(N)n2N1. The highest BCUT2D eigenvalue weighted by molar-refractivity contribution is 5.99. The number of nitrogen functional groups attached to an aromatic ring is 1. The van der Waals surface area contributed by atoms with Crippen molar-refractivity contribution in [3.63, 3.8) is 0 Å². The number of nitrogens with two attached hydrogens (primary N) is 1. The molecule has 0 bridgehead atoms. The van der Waals surface area contributed by atoms with Crippen LogP contribution in [-0.4, -0.2) is 20.8 Å². The molecule has 1 aliphatic rings. The maximum atomic E-state index is 11.1. The fourth-order valence-corrected chi connectivity index (χ4v) is 1.04. The molecule has 13 heavy (non-hydrogen) atoms. The number of aromatic nitrogens is 3. The number of rotatable bonds is 0. The molecule has 1 amide bonds. The Kier molecular flexibility index (Phi) is 1.44. The Morgan fingerprint density at radius 3 is 3.08 bits per heavy atom. The second kappa shape index (κ2) is 2.47. The summed E-state index contributed by atoms with van der Waals surface area (Å²) in [4.78, 5) is 11.1. The number of amides is 1. The van der Waals surface area contributed by atoms with Gasteiger partial charge in [-0.1, -0.05) is 0 Å². The topological polar surface area (TPSA) is 97.9 Å². The molecule has 7 nitrogen and oxygen atoms in total. The molecule has 0 unspecified atom stereocenters. The lowest BCUT2D eigenvalue weighted by atomic mass is 10.4. The van der Waals surface area contributed by atoms with E-state index in [1.165, 1.54) is 10.8 Å². The minimum absolute atomic E-state index is 0.199. The van der Waals surface area contributed by atoms with Gasteiger partial charge in [-0.3, -0.25) is 15.5 Å². The van der Waals surface area contributed by atoms with Crippen LogP contribution in [-0.2, 0) is 4.79 Å². The van der Waals surface area contributed by atoms with Crippen molar-refractivity contribution in [2.75, 3.05) is 16.5 Å². The average Bonchev–Trinajstić information content (AvgIpc) is 2.32. The van der Waals surface area contributed by atoms with E-state index in [-0.39, 0.29) is 17.8 Å². The van der Waals surface area contributed by atoms with E-state index in [4.69, 9.17) is 5.73 Å². The predicted molar refractivity (Wildman–Crippen MR) is 46.2 cm³/mol. The molecule has 0 saturated heterocycles. The van der Waals surface area contributed by atoms with Gasteiger partial charge in [0.15, 0.2) is 0 Å². The second-order valence-electron chi connectivity index (χ2n) is 2.65. The van der Waals surface area contributed by atoms with E-state index in [2.05, 4.69) is 20.9 Å². The van der Waals surface area contributed by atoms with E-state index in [0.29, 0.717) is 5.70 Å². The molecule has 0 spiro atoms. The molecule has 0 aromatic carbocycles. The van der Waals surface area contributed by atoms with Crippen LogP contribution in [0.5, 0.6) is 0 Å². The van der Waals surface area contributed by atoms with Gasteiger partial charge in [0, 0.05) is 11.8 Å². The van der Waals surface area contributed by atoms with Gasteiger partial charge in [-0.05, 0) is 6.92 Å². The van der Waals surface area contributed by atoms with Crippen molar-refractivity contribution >= 4 is 17.8 Å². The highest BCUT2D eigenvalue weighted by atomic mass is 16.1. The van der Waals surface area contributed by atoms with Crippen LogP contribution in [0.25, 0.3) is 0 Å². The molecule has 4 N–H and O–H groups in total. The van der Waals surface area contributed by atoms with Gasteiger partial charge in [-0.2, -0.15) is 4.68 Å². The fourth-order valence-electron chi connectivity index (χ4n) is 1.04. The van der Waals surface area contributed by atoms with Crippen LogP contribution in [0.1, 0.15) is 6.92 Å². The third-order valence-corrected chi connectivity index (χ3v) is 1.56. The molecule has 2 rings (SSSR count). The Morgan fingerprint density at radius 2 is 2.31 bits per heavy atom. The molecule has 0 saturated carbocycles. The van der Waals surface area contributed by atoms with Gasteiger partial charge < -0.3 is 5.73 Å². The molecule has 68 valence electrons. The van der Waals surface area contributed by atoms with Crippen LogP contribution in [0.15, 0.2) is 11.8 Å². The van der Waals surface area contributed by atoms with Gasteiger partial charge in [-0.25, -0.2) is 0 Å². The molecule has 2 heterocycles. The van der Waals surface area contributed by atoms with Crippen LogP contribution in [0.2, 0.25) is 0 Å². The monoisotopic (exact) mass is 180 g/mol. The van der Waals surface area contributed by atoms with Crippen molar-refractivity contribution in [3.05, 3.63) is 11.8 Å². The molecule has 1 aliphatic heterocycles. The first kappa shape index (κ1) is 7.59. The van der Waals surface area contributed by atoms with Crippen molar-refractivity contribution in [1.29, 1.82) is 0 Å². The van der Waals surface area contributed by atoms with E-state index in [9.17, 15) is 4.79 Å². The zero-order valence-electron chi connectivity index (χ0n) is 6.90. The summed E-state index contributed by atoms with van der Waals surface area (Å²) in [5.74, 6) is 0.233. The number of nitrogens with zero attached hydrogens (tertiary/aromatic N) is 3. The summed E-state index contributed by atoms with van der Waals surface area (Å²) in [5.41, 5.74) is 9.00. The Bertz CT molecular complexity index is 392. The standard InChI is InChI=1S/C6H8N6O/c1-3-2-4(13)8-6-10-9-5(7)12(6)11-3/h2,11H,1H3,(H2,7,9)(H,8,10,13). The smallest absolute Gasteiger partial charge is 0.252 e. The Labute approximate surface area is 73.6 Å². The van der Waals surface area contributed by atoms with E-state index in [1.807, 2.05) is 0 Å². The normalized spacial score (nSPS) is 15.2. The highest BCUT2D eigenvalue weighted by Gasteiger charge is 2.14. The Hall–Kier alpha value is -2.05. The van der Waals surface area contributed by atoms with Crippen LogP contribution >= 0.6 is 0 Å². The predicted octanol–water partition coefficient (Wildman–Crippen LogP) is -0.740. The lowest BCUT2D eigenvalue weighted by Gasteiger charge is -2.06. The third-order valence-electron chi connectivity index (χ3n) is 1.56. The van der Waals surface area contributed by atoms with Crippen LogP contribution in [0.3, 0.4) is 0 Å². The summed E-state index contributed by atoms with van der Waals surface area (Å²) in [5, 5.41) is 9.76. The third kappa shape index (κ3) is 1.19. The molecule has 1 aromatic rings. The molecular formula is C6H8N6O. The minimum Gasteiger partial charge on any atom is -0.366 e. The zero-order chi connectivity index (χ0) is 9.42. The Morgan fingerprint density at radius 1 is 1.54 bits per heavy atom. The maximum Gasteiger partial charge on any atom is 0.252 e. The van der Waals surface area contributed by atoms with Gasteiger partial charge in [0.05, 0.1) is 0 Å². The van der Waals surface area contributed by atoms with Crippen LogP contribution in [0.4, 0.5) is 11.9 Å². The summed E-state index contributed by atoms with van der Waals surface area (Å²) in [7, 11) is 0. The van der Waals surface area contributed by atoms with Crippen molar-refractivity contribution in [1.82, 2.24) is 14.9 Å².